The van der Waals surface area contributed by atoms with Crippen LogP contribution in [-0.4, -0.2) is 14.1 Å². The van der Waals surface area contributed by atoms with Crippen LogP contribution >= 0.6 is 0 Å². The maximum atomic E-state index is 12.3. The van der Waals surface area contributed by atoms with E-state index in [2.05, 4.69) is 11.9 Å². The van der Waals surface area contributed by atoms with Crippen molar-refractivity contribution in [2.45, 2.75) is 31.0 Å². The molecule has 18 heavy (non-hydrogen) atoms. The molecule has 1 aromatic carbocycles. The summed E-state index contributed by atoms with van der Waals surface area (Å²) in [5.74, 6) is 0.490. The molecule has 0 aliphatic carbocycles. The van der Waals surface area contributed by atoms with Crippen molar-refractivity contribution in [3.63, 3.8) is 0 Å². The Morgan fingerprint density at radius 1 is 1.33 bits per heavy atom. The molecule has 0 saturated carbocycles. The lowest BCUT2D eigenvalue weighted by molar-refractivity contribution is 0.591. The van der Waals surface area contributed by atoms with Gasteiger partial charge in [0, 0.05) is 12.2 Å². The van der Waals surface area contributed by atoms with Crippen LogP contribution in [-0.2, 0) is 23.5 Å². The van der Waals surface area contributed by atoms with E-state index in [0.717, 1.165) is 22.8 Å². The molecule has 0 amide bonds. The van der Waals surface area contributed by atoms with Gasteiger partial charge in [-0.3, -0.25) is 0 Å². The Morgan fingerprint density at radius 3 is 2.61 bits per heavy atom. The standard InChI is InChI=1S/C13H17N3OS/c1-3-16-9-15-10(2)13(16)8-18(17)12-6-4-11(14)5-7-12/h4-7,9H,3,8,14H2,1-2H3. The topological polar surface area (TPSA) is 66.9 Å². The van der Waals surface area contributed by atoms with E-state index in [0.29, 0.717) is 11.4 Å². The van der Waals surface area contributed by atoms with Gasteiger partial charge in [-0.15, -0.1) is 0 Å². The Bertz CT molecular complexity index is 522. The largest absolute Gasteiger partial charge is 0.611 e. The second kappa shape index (κ2) is 5.46. The third-order valence-electron chi connectivity index (χ3n) is 2.91. The third kappa shape index (κ3) is 2.68. The van der Waals surface area contributed by atoms with Gasteiger partial charge >= 0.3 is 0 Å². The Kier molecular flexibility index (Phi) is 3.93. The van der Waals surface area contributed by atoms with Gasteiger partial charge in [0.2, 0.25) is 0 Å². The molecule has 1 heterocycles. The first-order valence-corrected chi connectivity index (χ1v) is 7.18. The highest BCUT2D eigenvalue weighted by atomic mass is 32.2. The molecule has 0 spiro atoms. The average Bonchev–Trinajstić information content (AvgIpc) is 2.71. The van der Waals surface area contributed by atoms with Crippen molar-refractivity contribution in [2.75, 3.05) is 5.73 Å². The predicted molar refractivity (Wildman–Crippen MR) is 73.6 cm³/mol. The Balaban J connectivity index is 2.18. The van der Waals surface area contributed by atoms with Gasteiger partial charge in [0.05, 0.1) is 17.7 Å². The molecule has 0 saturated heterocycles. The van der Waals surface area contributed by atoms with Crippen LogP contribution in [0.2, 0.25) is 0 Å². The van der Waals surface area contributed by atoms with E-state index in [1.165, 1.54) is 0 Å². The fourth-order valence-electron chi connectivity index (χ4n) is 1.80. The van der Waals surface area contributed by atoms with Crippen molar-refractivity contribution >= 4 is 16.9 Å². The van der Waals surface area contributed by atoms with Crippen molar-refractivity contribution in [3.8, 4) is 0 Å². The summed E-state index contributed by atoms with van der Waals surface area (Å²) in [6.07, 6.45) is 1.80. The van der Waals surface area contributed by atoms with Crippen LogP contribution in [0.15, 0.2) is 35.5 Å². The average molecular weight is 263 g/mol. The van der Waals surface area contributed by atoms with Crippen LogP contribution in [0.1, 0.15) is 18.3 Å². The van der Waals surface area contributed by atoms with Gasteiger partial charge in [0.15, 0.2) is 10.6 Å². The number of hydrogen-bond donors (Lipinski definition) is 1. The summed E-state index contributed by atoms with van der Waals surface area (Å²) in [6, 6.07) is 7.18. The maximum Gasteiger partial charge on any atom is 0.153 e. The zero-order valence-electron chi connectivity index (χ0n) is 10.6. The van der Waals surface area contributed by atoms with Gasteiger partial charge in [0.1, 0.15) is 0 Å². The lowest BCUT2D eigenvalue weighted by Gasteiger charge is -2.12. The maximum absolute atomic E-state index is 12.3. The van der Waals surface area contributed by atoms with Gasteiger partial charge in [-0.25, -0.2) is 4.98 Å². The first-order valence-electron chi connectivity index (χ1n) is 5.86. The van der Waals surface area contributed by atoms with Gasteiger partial charge in [0.25, 0.3) is 0 Å². The first-order chi connectivity index (χ1) is 8.61. The molecule has 0 radical (unpaired) electrons. The Hall–Kier alpha value is -1.46. The van der Waals surface area contributed by atoms with Crippen molar-refractivity contribution in [2.24, 2.45) is 0 Å². The molecule has 0 fully saturated rings. The number of nitrogens with two attached hydrogens (primary N) is 1. The summed E-state index contributed by atoms with van der Waals surface area (Å²) in [7, 11) is 0. The van der Waals surface area contributed by atoms with Crippen molar-refractivity contribution in [3.05, 3.63) is 42.0 Å². The molecule has 1 unspecified atom stereocenters. The van der Waals surface area contributed by atoms with Gasteiger partial charge in [-0.1, -0.05) is 0 Å². The fourth-order valence-corrected chi connectivity index (χ4v) is 3.02. The smallest absolute Gasteiger partial charge is 0.153 e. The first kappa shape index (κ1) is 13.0. The van der Waals surface area contributed by atoms with Gasteiger partial charge < -0.3 is 14.9 Å². The number of rotatable bonds is 4. The normalized spacial score (nSPS) is 12.6. The van der Waals surface area contributed by atoms with Crippen LogP contribution < -0.4 is 5.73 Å². The van der Waals surface area contributed by atoms with Crippen molar-refractivity contribution < 1.29 is 4.55 Å². The number of hydrogen-bond acceptors (Lipinski definition) is 3. The number of anilines is 1. The van der Waals surface area contributed by atoms with Crippen LogP contribution in [0.25, 0.3) is 0 Å². The van der Waals surface area contributed by atoms with E-state index in [-0.39, 0.29) is 0 Å². The second-order valence-corrected chi connectivity index (χ2v) is 5.57. The fraction of sp³-hybridized carbons (Fsp3) is 0.308. The van der Waals surface area contributed by atoms with E-state index >= 15 is 0 Å². The highest BCUT2D eigenvalue weighted by molar-refractivity contribution is 7.90. The van der Waals surface area contributed by atoms with Gasteiger partial charge in [-0.05, 0) is 49.3 Å². The predicted octanol–water partition coefficient (Wildman–Crippen LogP) is 2.10. The minimum Gasteiger partial charge on any atom is -0.611 e. The molecule has 0 aliphatic heterocycles. The molecule has 2 rings (SSSR count). The molecule has 0 aliphatic rings. The summed E-state index contributed by atoms with van der Waals surface area (Å²) in [5.41, 5.74) is 8.29. The molecule has 1 aromatic heterocycles. The van der Waals surface area contributed by atoms with Crippen LogP contribution in [0, 0.1) is 6.92 Å². The summed E-state index contributed by atoms with van der Waals surface area (Å²) < 4.78 is 14.3. The van der Waals surface area contributed by atoms with E-state index in [9.17, 15) is 4.55 Å². The Morgan fingerprint density at radius 2 is 2.00 bits per heavy atom. The monoisotopic (exact) mass is 263 g/mol. The second-order valence-electron chi connectivity index (χ2n) is 4.12. The molecular formula is C13H17N3OS. The third-order valence-corrected chi connectivity index (χ3v) is 4.24. The molecule has 5 heteroatoms. The highest BCUT2D eigenvalue weighted by Crippen LogP contribution is 2.19. The SMILES string of the molecule is CCn1cnc(C)c1C[S+]([O-])c1ccc(N)cc1. The van der Waals surface area contributed by atoms with E-state index in [4.69, 9.17) is 5.73 Å². The molecule has 2 N–H and O–H groups in total. The lowest BCUT2D eigenvalue weighted by Crippen LogP contribution is -2.10. The quantitative estimate of drug-likeness (QED) is 0.678. The van der Waals surface area contributed by atoms with Crippen LogP contribution in [0.3, 0.4) is 0 Å². The summed E-state index contributed by atoms with van der Waals surface area (Å²) >= 11 is -1.06. The Labute approximate surface area is 110 Å². The minimum atomic E-state index is -1.06. The molecule has 2 aromatic rings. The number of aryl methyl sites for hydroxylation is 2. The molecule has 1 atom stereocenters. The van der Waals surface area contributed by atoms with E-state index in [1.807, 2.05) is 23.6 Å². The zero-order valence-corrected chi connectivity index (χ0v) is 11.4. The van der Waals surface area contributed by atoms with Crippen molar-refractivity contribution in [1.82, 2.24) is 9.55 Å². The molecule has 96 valence electrons. The number of nitrogen functional groups attached to an aromatic ring is 1. The van der Waals surface area contributed by atoms with Gasteiger partial charge in [-0.2, -0.15) is 0 Å². The summed E-state index contributed by atoms with van der Waals surface area (Å²) in [5, 5.41) is 0. The highest BCUT2D eigenvalue weighted by Gasteiger charge is 2.16. The lowest BCUT2D eigenvalue weighted by atomic mass is 10.3. The number of imidazole rings is 1. The number of nitrogens with zero attached hydrogens (tertiary/aromatic N) is 2. The number of benzene rings is 1. The molecule has 0 bridgehead atoms. The zero-order chi connectivity index (χ0) is 13.1. The molecule has 4 nitrogen and oxygen atoms in total. The molecular weight excluding hydrogens is 246 g/mol. The summed E-state index contributed by atoms with van der Waals surface area (Å²) in [4.78, 5) is 5.06. The van der Waals surface area contributed by atoms with Crippen LogP contribution in [0.5, 0.6) is 0 Å². The van der Waals surface area contributed by atoms with E-state index < -0.39 is 11.2 Å². The minimum absolute atomic E-state index is 0.490. The van der Waals surface area contributed by atoms with Crippen molar-refractivity contribution in [1.29, 1.82) is 0 Å². The summed E-state index contributed by atoms with van der Waals surface area (Å²) in [6.45, 7) is 4.84. The number of aromatic nitrogens is 2. The van der Waals surface area contributed by atoms with E-state index in [1.54, 1.807) is 18.5 Å². The van der Waals surface area contributed by atoms with Crippen LogP contribution in [0.4, 0.5) is 5.69 Å².